The van der Waals surface area contributed by atoms with E-state index in [-0.39, 0.29) is 5.56 Å². The molecule has 4 heteroatoms. The van der Waals surface area contributed by atoms with Crippen molar-refractivity contribution in [3.8, 4) is 0 Å². The van der Waals surface area contributed by atoms with Crippen LogP contribution in [0.25, 0.3) is 0 Å². The molecule has 1 atom stereocenters. The normalized spacial score (nSPS) is 12.5. The zero-order chi connectivity index (χ0) is 14.2. The molecule has 1 nitrogen and oxygen atoms in total. The van der Waals surface area contributed by atoms with Gasteiger partial charge in [0.25, 0.3) is 0 Å². The van der Waals surface area contributed by atoms with Gasteiger partial charge in [-0.1, -0.05) is 28.1 Å². The predicted octanol–water partition coefficient (Wildman–Crippen LogP) is 4.43. The molecular weight excluding hydrogens is 314 g/mol. The van der Waals surface area contributed by atoms with Crippen LogP contribution in [-0.4, -0.2) is 5.11 Å². The summed E-state index contributed by atoms with van der Waals surface area (Å²) >= 11 is 3.38. The first-order chi connectivity index (χ1) is 8.91. The highest BCUT2D eigenvalue weighted by atomic mass is 79.9. The Hall–Kier alpha value is -1.26. The molecule has 0 amide bonds. The number of aliphatic hydroxyl groups excluding tert-OH is 1. The monoisotopic (exact) mass is 326 g/mol. The quantitative estimate of drug-likeness (QED) is 0.865. The van der Waals surface area contributed by atoms with Crippen LogP contribution in [0.3, 0.4) is 0 Å². The summed E-state index contributed by atoms with van der Waals surface area (Å²) in [5.74, 6) is -1.49. The standard InChI is InChI=1S/C15H13BrF2O/c1-8-7-11(16)9(2)6-10(8)15(19)14-12(17)4-3-5-13(14)18/h3-7,15,19H,1-2H3. The Kier molecular flexibility index (Phi) is 4.02. The van der Waals surface area contributed by atoms with Crippen LogP contribution in [0.5, 0.6) is 0 Å². The van der Waals surface area contributed by atoms with Crippen LogP contribution in [0.2, 0.25) is 0 Å². The van der Waals surface area contributed by atoms with Crippen LogP contribution >= 0.6 is 15.9 Å². The Morgan fingerprint density at radius 3 is 2.21 bits per heavy atom. The Morgan fingerprint density at radius 2 is 1.63 bits per heavy atom. The summed E-state index contributed by atoms with van der Waals surface area (Å²) < 4.78 is 28.3. The van der Waals surface area contributed by atoms with Crippen LogP contribution < -0.4 is 0 Å². The minimum Gasteiger partial charge on any atom is -0.383 e. The van der Waals surface area contributed by atoms with E-state index in [4.69, 9.17) is 0 Å². The van der Waals surface area contributed by atoms with Crippen LogP contribution in [0.1, 0.15) is 28.4 Å². The van der Waals surface area contributed by atoms with E-state index in [1.54, 1.807) is 13.0 Å². The lowest BCUT2D eigenvalue weighted by molar-refractivity contribution is 0.208. The molecule has 0 aromatic heterocycles. The van der Waals surface area contributed by atoms with Gasteiger partial charge >= 0.3 is 0 Å². The lowest BCUT2D eigenvalue weighted by Gasteiger charge is -2.17. The summed E-state index contributed by atoms with van der Waals surface area (Å²) in [6.07, 6.45) is -1.31. The van der Waals surface area contributed by atoms with E-state index in [1.165, 1.54) is 6.07 Å². The second-order valence-electron chi connectivity index (χ2n) is 4.50. The van der Waals surface area contributed by atoms with Crippen molar-refractivity contribution in [3.63, 3.8) is 0 Å². The van der Waals surface area contributed by atoms with Gasteiger partial charge in [-0.2, -0.15) is 0 Å². The summed E-state index contributed by atoms with van der Waals surface area (Å²) in [5, 5.41) is 10.3. The van der Waals surface area contributed by atoms with Gasteiger partial charge in [0.15, 0.2) is 0 Å². The highest BCUT2D eigenvalue weighted by molar-refractivity contribution is 9.10. The van der Waals surface area contributed by atoms with Gasteiger partial charge in [-0.25, -0.2) is 8.78 Å². The lowest BCUT2D eigenvalue weighted by Crippen LogP contribution is -2.07. The number of benzene rings is 2. The average Bonchev–Trinajstić information content (AvgIpc) is 2.33. The number of hydrogen-bond donors (Lipinski definition) is 1. The van der Waals surface area contributed by atoms with Crippen LogP contribution in [0.15, 0.2) is 34.8 Å². The second-order valence-corrected chi connectivity index (χ2v) is 5.35. The molecule has 0 aliphatic heterocycles. The second kappa shape index (κ2) is 5.39. The molecule has 0 saturated heterocycles. The van der Waals surface area contributed by atoms with E-state index in [1.807, 2.05) is 13.0 Å². The molecule has 0 aliphatic rings. The molecule has 0 spiro atoms. The third-order valence-electron chi connectivity index (χ3n) is 3.12. The van der Waals surface area contributed by atoms with E-state index < -0.39 is 17.7 Å². The summed E-state index contributed by atoms with van der Waals surface area (Å²) in [5.41, 5.74) is 1.86. The topological polar surface area (TPSA) is 20.2 Å². The lowest BCUT2D eigenvalue weighted by atomic mass is 9.95. The summed E-state index contributed by atoms with van der Waals surface area (Å²) in [6.45, 7) is 3.65. The van der Waals surface area contributed by atoms with Gasteiger partial charge in [0.2, 0.25) is 0 Å². The summed E-state index contributed by atoms with van der Waals surface area (Å²) in [7, 11) is 0. The van der Waals surface area contributed by atoms with Gasteiger partial charge in [0.1, 0.15) is 17.7 Å². The fraction of sp³-hybridized carbons (Fsp3) is 0.200. The maximum absolute atomic E-state index is 13.7. The third kappa shape index (κ3) is 2.69. The minimum atomic E-state index is -1.31. The maximum atomic E-state index is 13.7. The molecule has 19 heavy (non-hydrogen) atoms. The molecule has 100 valence electrons. The SMILES string of the molecule is Cc1cc(C(O)c2c(F)cccc2F)c(C)cc1Br. The molecule has 2 rings (SSSR count). The smallest absolute Gasteiger partial charge is 0.132 e. The first-order valence-electron chi connectivity index (χ1n) is 5.80. The van der Waals surface area contributed by atoms with Crippen molar-refractivity contribution in [3.05, 3.63) is 68.7 Å². The zero-order valence-electron chi connectivity index (χ0n) is 10.5. The Morgan fingerprint density at radius 1 is 1.05 bits per heavy atom. The first kappa shape index (κ1) is 14.2. The van der Waals surface area contributed by atoms with Gasteiger partial charge in [-0.15, -0.1) is 0 Å². The molecular formula is C15H13BrF2O. The number of aliphatic hydroxyl groups is 1. The van der Waals surface area contributed by atoms with Crippen molar-refractivity contribution in [1.29, 1.82) is 0 Å². The summed E-state index contributed by atoms with van der Waals surface area (Å²) in [4.78, 5) is 0. The van der Waals surface area contributed by atoms with Gasteiger partial charge < -0.3 is 5.11 Å². The van der Waals surface area contributed by atoms with E-state index in [9.17, 15) is 13.9 Å². The van der Waals surface area contributed by atoms with Crippen LogP contribution in [-0.2, 0) is 0 Å². The molecule has 0 heterocycles. The predicted molar refractivity (Wildman–Crippen MR) is 74.0 cm³/mol. The van der Waals surface area contributed by atoms with E-state index in [0.717, 1.165) is 27.7 Å². The minimum absolute atomic E-state index is 0.313. The fourth-order valence-corrected chi connectivity index (χ4v) is 2.48. The fourth-order valence-electron chi connectivity index (χ4n) is 2.03. The van der Waals surface area contributed by atoms with E-state index in [0.29, 0.717) is 5.56 Å². The van der Waals surface area contributed by atoms with Gasteiger partial charge in [-0.05, 0) is 48.7 Å². The van der Waals surface area contributed by atoms with Crippen molar-refractivity contribution in [2.75, 3.05) is 0 Å². The first-order valence-corrected chi connectivity index (χ1v) is 6.59. The van der Waals surface area contributed by atoms with Crippen LogP contribution in [0, 0.1) is 25.5 Å². The summed E-state index contributed by atoms with van der Waals surface area (Å²) in [6, 6.07) is 7.12. The molecule has 2 aromatic rings. The average molecular weight is 327 g/mol. The molecule has 1 unspecified atom stereocenters. The highest BCUT2D eigenvalue weighted by Crippen LogP contribution is 2.31. The molecule has 0 aliphatic carbocycles. The van der Waals surface area contributed by atoms with Crippen LogP contribution in [0.4, 0.5) is 8.78 Å². The van der Waals surface area contributed by atoms with Crippen molar-refractivity contribution in [2.24, 2.45) is 0 Å². The van der Waals surface area contributed by atoms with E-state index >= 15 is 0 Å². The van der Waals surface area contributed by atoms with Crippen molar-refractivity contribution in [1.82, 2.24) is 0 Å². The Bertz CT molecular complexity index is 606. The molecule has 0 fully saturated rings. The van der Waals surface area contributed by atoms with Crippen molar-refractivity contribution < 1.29 is 13.9 Å². The molecule has 2 aromatic carbocycles. The Balaban J connectivity index is 2.56. The molecule has 0 radical (unpaired) electrons. The zero-order valence-corrected chi connectivity index (χ0v) is 12.1. The third-order valence-corrected chi connectivity index (χ3v) is 3.97. The van der Waals surface area contributed by atoms with E-state index in [2.05, 4.69) is 15.9 Å². The van der Waals surface area contributed by atoms with Crippen molar-refractivity contribution in [2.45, 2.75) is 20.0 Å². The molecule has 1 N–H and O–H groups in total. The molecule has 0 bridgehead atoms. The van der Waals surface area contributed by atoms with Gasteiger partial charge in [0, 0.05) is 4.47 Å². The number of halogens is 3. The van der Waals surface area contributed by atoms with Gasteiger partial charge in [-0.3, -0.25) is 0 Å². The maximum Gasteiger partial charge on any atom is 0.132 e. The number of hydrogen-bond acceptors (Lipinski definition) is 1. The number of aryl methyl sites for hydroxylation is 2. The Labute approximate surface area is 119 Å². The largest absolute Gasteiger partial charge is 0.383 e. The number of rotatable bonds is 2. The van der Waals surface area contributed by atoms with Gasteiger partial charge in [0.05, 0.1) is 5.56 Å². The molecule has 0 saturated carbocycles. The highest BCUT2D eigenvalue weighted by Gasteiger charge is 2.21. The van der Waals surface area contributed by atoms with Crippen molar-refractivity contribution >= 4 is 15.9 Å².